The van der Waals surface area contributed by atoms with Gasteiger partial charge in [0.25, 0.3) is 0 Å². The van der Waals surface area contributed by atoms with E-state index < -0.39 is 0 Å². The molecule has 118 valence electrons. The van der Waals surface area contributed by atoms with E-state index in [-0.39, 0.29) is 0 Å². The third-order valence-corrected chi connectivity index (χ3v) is 4.80. The fourth-order valence-electron chi connectivity index (χ4n) is 3.38. The summed E-state index contributed by atoms with van der Waals surface area (Å²) >= 11 is 0. The summed E-state index contributed by atoms with van der Waals surface area (Å²) in [4.78, 5) is 8.30. The van der Waals surface area contributed by atoms with Crippen molar-refractivity contribution in [2.75, 3.05) is 31.1 Å². The van der Waals surface area contributed by atoms with Gasteiger partial charge in [-0.2, -0.15) is 0 Å². The van der Waals surface area contributed by atoms with E-state index in [1.165, 1.54) is 27.7 Å². The molecule has 1 N–H and O–H groups in total. The van der Waals surface area contributed by atoms with Crippen LogP contribution in [0.3, 0.4) is 0 Å². The summed E-state index contributed by atoms with van der Waals surface area (Å²) in [7, 11) is 0. The van der Waals surface area contributed by atoms with Crippen molar-refractivity contribution in [2.24, 2.45) is 0 Å². The number of anilines is 1. The van der Waals surface area contributed by atoms with Crippen LogP contribution in [0.5, 0.6) is 0 Å². The molecule has 1 saturated heterocycles. The van der Waals surface area contributed by atoms with Crippen LogP contribution in [0, 0.1) is 6.92 Å². The average molecular weight is 305 g/mol. The standard InChI is InChI=1S/C20H23N3/c1-16-2-5-19(6-3-16)23-12-10-22(11-13-23)15-17-4-7-20-18(14-17)8-9-21-20/h2-9,14,21H,10-13,15H2,1H3. The lowest BCUT2D eigenvalue weighted by molar-refractivity contribution is 0.250. The Morgan fingerprint density at radius 1 is 0.913 bits per heavy atom. The van der Waals surface area contributed by atoms with Crippen molar-refractivity contribution in [3.8, 4) is 0 Å². The van der Waals surface area contributed by atoms with Crippen molar-refractivity contribution < 1.29 is 0 Å². The minimum atomic E-state index is 1.04. The molecule has 3 nitrogen and oxygen atoms in total. The number of aromatic amines is 1. The maximum absolute atomic E-state index is 3.26. The fraction of sp³-hybridized carbons (Fsp3) is 0.300. The molecule has 23 heavy (non-hydrogen) atoms. The molecule has 0 unspecified atom stereocenters. The molecule has 2 aromatic carbocycles. The van der Waals surface area contributed by atoms with Gasteiger partial charge < -0.3 is 9.88 Å². The predicted octanol–water partition coefficient (Wildman–Crippen LogP) is 3.80. The number of aromatic nitrogens is 1. The van der Waals surface area contributed by atoms with Crippen molar-refractivity contribution in [3.63, 3.8) is 0 Å². The van der Waals surface area contributed by atoms with Crippen LogP contribution in [0.15, 0.2) is 54.7 Å². The van der Waals surface area contributed by atoms with Gasteiger partial charge in [-0.15, -0.1) is 0 Å². The Kier molecular flexibility index (Phi) is 3.80. The number of H-pyrrole nitrogens is 1. The van der Waals surface area contributed by atoms with Crippen LogP contribution < -0.4 is 4.90 Å². The Morgan fingerprint density at radius 2 is 1.70 bits per heavy atom. The lowest BCUT2D eigenvalue weighted by Gasteiger charge is -2.36. The topological polar surface area (TPSA) is 22.3 Å². The zero-order valence-electron chi connectivity index (χ0n) is 13.6. The molecular formula is C20H23N3. The highest BCUT2D eigenvalue weighted by atomic mass is 15.3. The molecule has 0 bridgehead atoms. The molecule has 1 aliphatic rings. The third kappa shape index (κ3) is 3.10. The smallest absolute Gasteiger partial charge is 0.0454 e. The molecule has 4 rings (SSSR count). The number of nitrogens with one attached hydrogen (secondary N) is 1. The number of rotatable bonds is 3. The molecule has 0 atom stereocenters. The lowest BCUT2D eigenvalue weighted by atomic mass is 10.1. The summed E-state index contributed by atoms with van der Waals surface area (Å²) in [5.41, 5.74) is 5.30. The molecular weight excluding hydrogens is 282 g/mol. The van der Waals surface area contributed by atoms with E-state index in [4.69, 9.17) is 0 Å². The Balaban J connectivity index is 1.38. The zero-order chi connectivity index (χ0) is 15.6. The third-order valence-electron chi connectivity index (χ3n) is 4.80. The first-order chi connectivity index (χ1) is 11.3. The quantitative estimate of drug-likeness (QED) is 0.795. The van der Waals surface area contributed by atoms with Gasteiger partial charge in [-0.3, -0.25) is 4.90 Å². The van der Waals surface area contributed by atoms with Gasteiger partial charge in [-0.1, -0.05) is 23.8 Å². The number of hydrogen-bond donors (Lipinski definition) is 1. The molecule has 3 aromatic rings. The van der Waals surface area contributed by atoms with E-state index >= 15 is 0 Å². The van der Waals surface area contributed by atoms with Crippen LogP contribution >= 0.6 is 0 Å². The van der Waals surface area contributed by atoms with Gasteiger partial charge in [0.05, 0.1) is 0 Å². The SMILES string of the molecule is Cc1ccc(N2CCN(Cc3ccc4[nH]ccc4c3)CC2)cc1. The number of benzene rings is 2. The Labute approximate surface area is 137 Å². The van der Waals surface area contributed by atoms with Crippen molar-refractivity contribution >= 4 is 16.6 Å². The van der Waals surface area contributed by atoms with Crippen LogP contribution in [0.1, 0.15) is 11.1 Å². The molecule has 1 fully saturated rings. The number of fused-ring (bicyclic) bond motifs is 1. The summed E-state index contributed by atoms with van der Waals surface area (Å²) in [5, 5.41) is 1.31. The van der Waals surface area contributed by atoms with E-state index in [1.54, 1.807) is 0 Å². The highest BCUT2D eigenvalue weighted by molar-refractivity contribution is 5.79. The average Bonchev–Trinajstić information content (AvgIpc) is 3.04. The van der Waals surface area contributed by atoms with Crippen LogP contribution in [0.2, 0.25) is 0 Å². The second-order valence-electron chi connectivity index (χ2n) is 6.50. The predicted molar refractivity (Wildman–Crippen MR) is 97.0 cm³/mol. The highest BCUT2D eigenvalue weighted by Gasteiger charge is 2.17. The second kappa shape index (κ2) is 6.09. The first kappa shape index (κ1) is 14.3. The Hall–Kier alpha value is -2.26. The summed E-state index contributed by atoms with van der Waals surface area (Å²) in [6.07, 6.45) is 2.01. The summed E-state index contributed by atoms with van der Waals surface area (Å²) in [5.74, 6) is 0. The zero-order valence-corrected chi connectivity index (χ0v) is 13.6. The van der Waals surface area contributed by atoms with E-state index in [9.17, 15) is 0 Å². The lowest BCUT2D eigenvalue weighted by Crippen LogP contribution is -2.45. The van der Waals surface area contributed by atoms with E-state index in [2.05, 4.69) is 70.2 Å². The van der Waals surface area contributed by atoms with Gasteiger partial charge in [0.1, 0.15) is 0 Å². The van der Waals surface area contributed by atoms with Gasteiger partial charge >= 0.3 is 0 Å². The number of nitrogens with zero attached hydrogens (tertiary/aromatic N) is 2. The van der Waals surface area contributed by atoms with Crippen molar-refractivity contribution in [2.45, 2.75) is 13.5 Å². The maximum Gasteiger partial charge on any atom is 0.0454 e. The molecule has 3 heteroatoms. The van der Waals surface area contributed by atoms with Gasteiger partial charge in [-0.05, 0) is 48.2 Å². The van der Waals surface area contributed by atoms with Crippen LogP contribution in [-0.2, 0) is 6.54 Å². The van der Waals surface area contributed by atoms with E-state index in [0.717, 1.165) is 32.7 Å². The molecule has 0 spiro atoms. The summed E-state index contributed by atoms with van der Waals surface area (Å²) in [6, 6.07) is 17.8. The van der Waals surface area contributed by atoms with Gasteiger partial charge in [0, 0.05) is 50.1 Å². The largest absolute Gasteiger partial charge is 0.369 e. The van der Waals surface area contributed by atoms with Gasteiger partial charge in [0.2, 0.25) is 0 Å². The maximum atomic E-state index is 3.26. The Morgan fingerprint density at radius 3 is 2.48 bits per heavy atom. The van der Waals surface area contributed by atoms with Crippen LogP contribution in [0.4, 0.5) is 5.69 Å². The normalized spacial score (nSPS) is 16.1. The first-order valence-electron chi connectivity index (χ1n) is 8.38. The van der Waals surface area contributed by atoms with Crippen molar-refractivity contribution in [3.05, 3.63) is 65.9 Å². The van der Waals surface area contributed by atoms with Crippen molar-refractivity contribution in [1.29, 1.82) is 0 Å². The van der Waals surface area contributed by atoms with Gasteiger partial charge in [-0.25, -0.2) is 0 Å². The molecule has 0 amide bonds. The molecule has 0 radical (unpaired) electrons. The highest BCUT2D eigenvalue weighted by Crippen LogP contribution is 2.19. The molecule has 0 saturated carbocycles. The summed E-state index contributed by atoms with van der Waals surface area (Å²) < 4.78 is 0. The van der Waals surface area contributed by atoms with E-state index in [0.29, 0.717) is 0 Å². The monoisotopic (exact) mass is 305 g/mol. The molecule has 0 aliphatic carbocycles. The minimum Gasteiger partial charge on any atom is -0.369 e. The number of aryl methyl sites for hydroxylation is 1. The summed E-state index contributed by atoms with van der Waals surface area (Å²) in [6.45, 7) is 7.65. The first-order valence-corrected chi connectivity index (χ1v) is 8.38. The van der Waals surface area contributed by atoms with Crippen LogP contribution in [0.25, 0.3) is 10.9 Å². The van der Waals surface area contributed by atoms with E-state index in [1.807, 2.05) is 6.20 Å². The Bertz CT molecular complexity index is 780. The second-order valence-corrected chi connectivity index (χ2v) is 6.50. The molecule has 2 heterocycles. The van der Waals surface area contributed by atoms with Crippen molar-refractivity contribution in [1.82, 2.24) is 9.88 Å². The van der Waals surface area contributed by atoms with Gasteiger partial charge in [0.15, 0.2) is 0 Å². The minimum absolute atomic E-state index is 1.04. The number of piperazine rings is 1. The number of hydrogen-bond acceptors (Lipinski definition) is 2. The fourth-order valence-corrected chi connectivity index (χ4v) is 3.38. The van der Waals surface area contributed by atoms with Crippen LogP contribution in [-0.4, -0.2) is 36.1 Å². The molecule has 1 aliphatic heterocycles. The molecule has 1 aromatic heterocycles.